The summed E-state index contributed by atoms with van der Waals surface area (Å²) in [6.07, 6.45) is -0.516. The van der Waals surface area contributed by atoms with Crippen molar-refractivity contribution in [3.05, 3.63) is 0 Å². The summed E-state index contributed by atoms with van der Waals surface area (Å²) in [5.74, 6) is 0. The van der Waals surface area contributed by atoms with Crippen LogP contribution in [0, 0.1) is 0 Å². The smallest absolute Gasteiger partial charge is 0.144 e. The maximum absolute atomic E-state index is 9.47. The number of β-amino-alcohol motifs (C(OH)–C–C–N with tert-alkyl or cyclic N) is 1. The monoisotopic (exact) mass is 238 g/mol. The van der Waals surface area contributed by atoms with Crippen LogP contribution in [0.2, 0.25) is 0 Å². The van der Waals surface area contributed by atoms with Crippen molar-refractivity contribution in [2.75, 3.05) is 13.2 Å². The molecule has 1 atom stereocenters. The van der Waals surface area contributed by atoms with Gasteiger partial charge in [-0.1, -0.05) is 5.16 Å². The Morgan fingerprint density at radius 1 is 1.40 bits per heavy atom. The van der Waals surface area contributed by atoms with Gasteiger partial charge in [0.2, 0.25) is 0 Å². The highest BCUT2D eigenvalue weighted by Crippen LogP contribution is 1.98. The van der Waals surface area contributed by atoms with E-state index in [1.54, 1.807) is 0 Å². The van der Waals surface area contributed by atoms with Crippen LogP contribution in [0.15, 0.2) is 5.16 Å². The standard InChI is InChI=1S/C10H22N2O2.ClH/c1-8(2)12-14-7-9(13)6-11-10(3,4)5;/h9,11,13H,6-7H2,1-5H3;1H. The molecule has 0 aromatic heterocycles. The van der Waals surface area contributed by atoms with E-state index in [0.29, 0.717) is 6.54 Å². The summed E-state index contributed by atoms with van der Waals surface area (Å²) < 4.78 is 0. The highest BCUT2D eigenvalue weighted by molar-refractivity contribution is 5.85. The molecule has 0 heterocycles. The third-order valence-corrected chi connectivity index (χ3v) is 1.38. The Morgan fingerprint density at radius 2 is 1.93 bits per heavy atom. The molecule has 15 heavy (non-hydrogen) atoms. The van der Waals surface area contributed by atoms with Gasteiger partial charge < -0.3 is 15.3 Å². The van der Waals surface area contributed by atoms with Crippen LogP contribution in [0.25, 0.3) is 0 Å². The number of hydrogen-bond acceptors (Lipinski definition) is 4. The second-order valence-corrected chi connectivity index (χ2v) is 4.62. The van der Waals surface area contributed by atoms with E-state index in [9.17, 15) is 5.11 Å². The second-order valence-electron chi connectivity index (χ2n) is 4.62. The van der Waals surface area contributed by atoms with Gasteiger partial charge in [-0.2, -0.15) is 0 Å². The van der Waals surface area contributed by atoms with Crippen molar-refractivity contribution in [2.24, 2.45) is 5.16 Å². The second kappa shape index (κ2) is 7.91. The quantitative estimate of drug-likeness (QED) is 0.565. The van der Waals surface area contributed by atoms with E-state index in [2.05, 4.69) is 31.2 Å². The lowest BCUT2D eigenvalue weighted by molar-refractivity contribution is 0.0371. The van der Waals surface area contributed by atoms with Crippen LogP contribution >= 0.6 is 12.4 Å². The largest absolute Gasteiger partial charge is 0.393 e. The molecule has 0 radical (unpaired) electrons. The third kappa shape index (κ3) is 13.7. The number of nitrogens with zero attached hydrogens (tertiary/aromatic N) is 1. The normalized spacial score (nSPS) is 12.7. The van der Waals surface area contributed by atoms with Crippen molar-refractivity contribution in [3.63, 3.8) is 0 Å². The molecule has 5 heteroatoms. The van der Waals surface area contributed by atoms with Crippen molar-refractivity contribution in [1.82, 2.24) is 5.32 Å². The van der Waals surface area contributed by atoms with Gasteiger partial charge in [0.05, 0.1) is 5.71 Å². The zero-order valence-electron chi connectivity index (χ0n) is 10.2. The summed E-state index contributed by atoms with van der Waals surface area (Å²) in [5, 5.41) is 16.4. The number of oxime groups is 1. The Kier molecular flexibility index (Phi) is 9.01. The van der Waals surface area contributed by atoms with Gasteiger partial charge >= 0.3 is 0 Å². The molecule has 0 aliphatic rings. The molecule has 0 fully saturated rings. The van der Waals surface area contributed by atoms with Gasteiger partial charge in [0.25, 0.3) is 0 Å². The molecule has 0 aromatic rings. The van der Waals surface area contributed by atoms with Crippen LogP contribution in [0.1, 0.15) is 34.6 Å². The fraction of sp³-hybridized carbons (Fsp3) is 0.900. The first kappa shape index (κ1) is 17.1. The molecular weight excluding hydrogens is 216 g/mol. The van der Waals surface area contributed by atoms with Crippen molar-refractivity contribution < 1.29 is 9.94 Å². The Bertz CT molecular complexity index is 186. The van der Waals surface area contributed by atoms with Crippen LogP contribution in [-0.4, -0.2) is 35.6 Å². The molecule has 0 aromatic carbocycles. The van der Waals surface area contributed by atoms with Gasteiger partial charge in [0.15, 0.2) is 0 Å². The van der Waals surface area contributed by atoms with Crippen LogP contribution in [0.5, 0.6) is 0 Å². The van der Waals surface area contributed by atoms with Crippen molar-refractivity contribution in [1.29, 1.82) is 0 Å². The fourth-order valence-corrected chi connectivity index (χ4v) is 0.735. The molecule has 1 unspecified atom stereocenters. The SMILES string of the molecule is CC(C)=NOCC(O)CNC(C)(C)C.Cl. The summed E-state index contributed by atoms with van der Waals surface area (Å²) >= 11 is 0. The summed E-state index contributed by atoms with van der Waals surface area (Å²) in [6, 6.07) is 0. The zero-order valence-corrected chi connectivity index (χ0v) is 11.0. The Labute approximate surface area is 98.5 Å². The third-order valence-electron chi connectivity index (χ3n) is 1.38. The van der Waals surface area contributed by atoms with E-state index < -0.39 is 6.10 Å². The van der Waals surface area contributed by atoms with Gasteiger partial charge in [-0.3, -0.25) is 0 Å². The number of aliphatic hydroxyl groups excluding tert-OH is 1. The molecule has 4 nitrogen and oxygen atoms in total. The molecule has 0 aliphatic heterocycles. The lowest BCUT2D eigenvalue weighted by Crippen LogP contribution is -2.42. The van der Waals surface area contributed by atoms with Crippen molar-refractivity contribution in [2.45, 2.75) is 46.3 Å². The van der Waals surface area contributed by atoms with Crippen LogP contribution in [-0.2, 0) is 4.84 Å². The van der Waals surface area contributed by atoms with Gasteiger partial charge in [-0.25, -0.2) is 0 Å². The van der Waals surface area contributed by atoms with E-state index in [1.165, 1.54) is 0 Å². The molecule has 0 rings (SSSR count). The molecule has 92 valence electrons. The fourth-order valence-electron chi connectivity index (χ4n) is 0.735. The number of rotatable bonds is 5. The highest BCUT2D eigenvalue weighted by atomic mass is 35.5. The van der Waals surface area contributed by atoms with Gasteiger partial charge in [-0.05, 0) is 34.6 Å². The van der Waals surface area contributed by atoms with E-state index >= 15 is 0 Å². The molecule has 0 spiro atoms. The van der Waals surface area contributed by atoms with Crippen molar-refractivity contribution >= 4 is 18.1 Å². The first-order valence-electron chi connectivity index (χ1n) is 4.87. The Hall–Kier alpha value is -0.320. The highest BCUT2D eigenvalue weighted by Gasteiger charge is 2.12. The lowest BCUT2D eigenvalue weighted by Gasteiger charge is -2.22. The molecule has 0 saturated carbocycles. The minimum atomic E-state index is -0.516. The Balaban J connectivity index is 0. The predicted octanol–water partition coefficient (Wildman–Crippen LogP) is 1.57. The summed E-state index contributed by atoms with van der Waals surface area (Å²) in [7, 11) is 0. The van der Waals surface area contributed by atoms with E-state index in [0.717, 1.165) is 5.71 Å². The van der Waals surface area contributed by atoms with Gasteiger partial charge in [0, 0.05) is 12.1 Å². The van der Waals surface area contributed by atoms with Crippen molar-refractivity contribution in [3.8, 4) is 0 Å². The van der Waals surface area contributed by atoms with E-state index in [4.69, 9.17) is 4.84 Å². The summed E-state index contributed by atoms with van der Waals surface area (Å²) in [5.41, 5.74) is 0.867. The minimum absolute atomic E-state index is 0. The number of halogens is 1. The zero-order chi connectivity index (χ0) is 11.2. The van der Waals surface area contributed by atoms with Gasteiger partial charge in [-0.15, -0.1) is 12.4 Å². The number of aliphatic hydroxyl groups is 1. The molecular formula is C10H23ClN2O2. The van der Waals surface area contributed by atoms with E-state index in [1.807, 2.05) is 13.8 Å². The number of nitrogens with one attached hydrogen (secondary N) is 1. The number of hydrogen-bond donors (Lipinski definition) is 2. The predicted molar refractivity (Wildman–Crippen MR) is 65.7 cm³/mol. The first-order valence-corrected chi connectivity index (χ1v) is 4.87. The lowest BCUT2D eigenvalue weighted by atomic mass is 10.1. The van der Waals surface area contributed by atoms with E-state index in [-0.39, 0.29) is 24.6 Å². The minimum Gasteiger partial charge on any atom is -0.393 e. The average molecular weight is 239 g/mol. The molecule has 0 aliphatic carbocycles. The van der Waals surface area contributed by atoms with Crippen LogP contribution < -0.4 is 5.32 Å². The van der Waals surface area contributed by atoms with Gasteiger partial charge in [0.1, 0.15) is 12.7 Å². The first-order chi connectivity index (χ1) is 6.31. The topological polar surface area (TPSA) is 53.9 Å². The maximum atomic E-state index is 9.47. The Morgan fingerprint density at radius 3 is 2.33 bits per heavy atom. The van der Waals surface area contributed by atoms with Crippen LogP contribution in [0.4, 0.5) is 0 Å². The molecule has 0 saturated heterocycles. The maximum Gasteiger partial charge on any atom is 0.144 e. The van der Waals surface area contributed by atoms with Crippen LogP contribution in [0.3, 0.4) is 0 Å². The molecule has 0 amide bonds. The average Bonchev–Trinajstić information content (AvgIpc) is 1.99. The molecule has 0 bridgehead atoms. The summed E-state index contributed by atoms with van der Waals surface area (Å²) in [4.78, 5) is 4.92. The molecule has 2 N–H and O–H groups in total. The summed E-state index contributed by atoms with van der Waals surface area (Å²) in [6.45, 7) is 10.6.